The summed E-state index contributed by atoms with van der Waals surface area (Å²) < 4.78 is 1.77. The highest BCUT2D eigenvalue weighted by Gasteiger charge is 2.14. The van der Waals surface area contributed by atoms with Crippen molar-refractivity contribution >= 4 is 28.2 Å². The van der Waals surface area contributed by atoms with Gasteiger partial charge in [-0.25, -0.2) is 15.0 Å². The maximum Gasteiger partial charge on any atom is 0.163 e. The molecule has 4 heterocycles. The molecule has 4 rings (SSSR count). The van der Waals surface area contributed by atoms with Gasteiger partial charge in [0, 0.05) is 30.7 Å². The molecular weight excluding hydrogens is 348 g/mol. The molecule has 4 aromatic rings. The van der Waals surface area contributed by atoms with Crippen LogP contribution in [-0.4, -0.2) is 34.7 Å². The number of anilines is 1. The number of nitrogens with zero attached hydrogens (tertiary/aromatic N) is 7. The Hall–Kier alpha value is -2.94. The van der Waals surface area contributed by atoms with Gasteiger partial charge in [0.15, 0.2) is 5.65 Å². The molecule has 0 amide bonds. The third-order valence-electron chi connectivity index (χ3n) is 3.90. The molecule has 0 saturated heterocycles. The van der Waals surface area contributed by atoms with E-state index in [0.717, 1.165) is 39.1 Å². The summed E-state index contributed by atoms with van der Waals surface area (Å²) in [4.78, 5) is 22.3. The third-order valence-corrected chi connectivity index (χ3v) is 4.81. The molecule has 0 atom stereocenters. The van der Waals surface area contributed by atoms with Crippen molar-refractivity contribution in [2.24, 2.45) is 7.05 Å². The van der Waals surface area contributed by atoms with Gasteiger partial charge in [-0.1, -0.05) is 13.8 Å². The van der Waals surface area contributed by atoms with Gasteiger partial charge in [-0.2, -0.15) is 5.10 Å². The van der Waals surface area contributed by atoms with E-state index in [1.165, 1.54) is 0 Å². The van der Waals surface area contributed by atoms with Crippen LogP contribution in [0.3, 0.4) is 0 Å². The van der Waals surface area contributed by atoms with Gasteiger partial charge < -0.3 is 5.32 Å². The van der Waals surface area contributed by atoms with Crippen molar-refractivity contribution in [3.05, 3.63) is 41.7 Å². The maximum absolute atomic E-state index is 4.67. The van der Waals surface area contributed by atoms with Crippen LogP contribution in [0.1, 0.15) is 31.3 Å². The van der Waals surface area contributed by atoms with Gasteiger partial charge in [0.1, 0.15) is 22.3 Å². The number of hydrogen-bond acceptors (Lipinski definition) is 8. The van der Waals surface area contributed by atoms with Crippen LogP contribution in [0.4, 0.5) is 5.82 Å². The zero-order chi connectivity index (χ0) is 18.1. The molecule has 0 aliphatic rings. The van der Waals surface area contributed by atoms with E-state index in [0.29, 0.717) is 6.54 Å². The Bertz CT molecular complexity index is 1040. The number of thiazole rings is 1. The molecule has 0 radical (unpaired) electrons. The zero-order valence-corrected chi connectivity index (χ0v) is 15.5. The lowest BCUT2D eigenvalue weighted by molar-refractivity contribution is 0.752. The molecule has 0 fully saturated rings. The highest BCUT2D eigenvalue weighted by molar-refractivity contribution is 7.13. The van der Waals surface area contributed by atoms with E-state index < -0.39 is 0 Å². The molecule has 132 valence electrons. The van der Waals surface area contributed by atoms with Crippen molar-refractivity contribution in [1.29, 1.82) is 0 Å². The lowest BCUT2D eigenvalue weighted by Crippen LogP contribution is -2.07. The quantitative estimate of drug-likeness (QED) is 0.580. The van der Waals surface area contributed by atoms with Gasteiger partial charge in [-0.15, -0.1) is 11.3 Å². The van der Waals surface area contributed by atoms with E-state index in [4.69, 9.17) is 0 Å². The van der Waals surface area contributed by atoms with Crippen molar-refractivity contribution in [3.8, 4) is 10.7 Å². The summed E-state index contributed by atoms with van der Waals surface area (Å²) in [5, 5.41) is 11.5. The molecule has 1 N–H and O–H groups in total. The van der Waals surface area contributed by atoms with Crippen molar-refractivity contribution in [2.45, 2.75) is 26.3 Å². The summed E-state index contributed by atoms with van der Waals surface area (Å²) in [6.45, 7) is 4.72. The summed E-state index contributed by atoms with van der Waals surface area (Å²) in [7, 11) is 1.89. The van der Waals surface area contributed by atoms with E-state index in [9.17, 15) is 0 Å². The number of rotatable bonds is 5. The number of hydrogen-bond donors (Lipinski definition) is 1. The largest absolute Gasteiger partial charge is 0.364 e. The van der Waals surface area contributed by atoms with E-state index in [2.05, 4.69) is 49.2 Å². The monoisotopic (exact) mass is 366 g/mol. The third kappa shape index (κ3) is 3.13. The van der Waals surface area contributed by atoms with Gasteiger partial charge >= 0.3 is 0 Å². The molecule has 26 heavy (non-hydrogen) atoms. The van der Waals surface area contributed by atoms with E-state index in [1.807, 2.05) is 12.4 Å². The predicted molar refractivity (Wildman–Crippen MR) is 101 cm³/mol. The van der Waals surface area contributed by atoms with Crippen LogP contribution in [0.2, 0.25) is 0 Å². The van der Waals surface area contributed by atoms with Crippen LogP contribution in [0, 0.1) is 0 Å². The predicted octanol–water partition coefficient (Wildman–Crippen LogP) is 3.01. The van der Waals surface area contributed by atoms with Crippen molar-refractivity contribution in [2.75, 3.05) is 5.32 Å². The van der Waals surface area contributed by atoms with Crippen LogP contribution in [0.15, 0.2) is 30.2 Å². The molecule has 4 aromatic heterocycles. The van der Waals surface area contributed by atoms with Crippen LogP contribution in [0.5, 0.6) is 0 Å². The molecule has 0 aromatic carbocycles. The first-order valence-corrected chi connectivity index (χ1v) is 9.14. The zero-order valence-electron chi connectivity index (χ0n) is 14.7. The van der Waals surface area contributed by atoms with Crippen molar-refractivity contribution in [3.63, 3.8) is 0 Å². The molecule has 9 heteroatoms. The second kappa shape index (κ2) is 6.75. The molecule has 0 bridgehead atoms. The summed E-state index contributed by atoms with van der Waals surface area (Å²) in [6, 6.07) is 0. The summed E-state index contributed by atoms with van der Waals surface area (Å²) in [5.74, 6) is 1.81. The average molecular weight is 366 g/mol. The van der Waals surface area contributed by atoms with Crippen LogP contribution >= 0.6 is 11.3 Å². The van der Waals surface area contributed by atoms with Gasteiger partial charge in [0.05, 0.1) is 30.0 Å². The van der Waals surface area contributed by atoms with E-state index in [-0.39, 0.29) is 5.92 Å². The molecule has 0 aliphatic carbocycles. The summed E-state index contributed by atoms with van der Waals surface area (Å²) in [6.07, 6.45) is 6.82. The van der Waals surface area contributed by atoms with Crippen molar-refractivity contribution < 1.29 is 0 Å². The Morgan fingerprint density at radius 3 is 2.81 bits per heavy atom. The Labute approximate surface area is 154 Å². The first-order valence-electron chi connectivity index (χ1n) is 8.26. The van der Waals surface area contributed by atoms with Gasteiger partial charge in [0.2, 0.25) is 0 Å². The number of fused-ring (bicyclic) bond motifs is 1. The highest BCUT2D eigenvalue weighted by atomic mass is 32.1. The lowest BCUT2D eigenvalue weighted by atomic mass is 10.2. The van der Waals surface area contributed by atoms with Gasteiger partial charge in [0.25, 0.3) is 0 Å². The molecular formula is C17H18N8S. The Kier molecular flexibility index (Phi) is 4.29. The molecule has 0 saturated carbocycles. The molecule has 0 aliphatic heterocycles. The van der Waals surface area contributed by atoms with Gasteiger partial charge in [-0.3, -0.25) is 14.6 Å². The first-order chi connectivity index (χ1) is 12.6. The average Bonchev–Trinajstić information content (AvgIpc) is 3.28. The summed E-state index contributed by atoms with van der Waals surface area (Å²) in [5.41, 5.74) is 2.53. The minimum Gasteiger partial charge on any atom is -0.364 e. The molecule has 0 spiro atoms. The minimum absolute atomic E-state index is 0.234. The van der Waals surface area contributed by atoms with Crippen LogP contribution in [-0.2, 0) is 13.6 Å². The van der Waals surface area contributed by atoms with Crippen molar-refractivity contribution in [1.82, 2.24) is 34.7 Å². The lowest BCUT2D eigenvalue weighted by Gasteiger charge is -2.10. The fraction of sp³-hybridized carbons (Fsp3) is 0.294. The normalized spacial score (nSPS) is 11.4. The second-order valence-electron chi connectivity index (χ2n) is 6.18. The Morgan fingerprint density at radius 1 is 1.15 bits per heavy atom. The Balaban J connectivity index is 1.59. The first kappa shape index (κ1) is 16.5. The van der Waals surface area contributed by atoms with Crippen LogP contribution in [0.25, 0.3) is 21.7 Å². The minimum atomic E-state index is 0.234. The standard InChI is InChI=1S/C17H18N8S/c1-10(2)14-23-15(12-7-21-25(3)16(12)24-14)20-6-11-9-26-17(22-11)13-8-18-4-5-19-13/h4-5,7-10H,6H2,1-3H3,(H,20,23,24). The van der Waals surface area contributed by atoms with Crippen LogP contribution < -0.4 is 5.32 Å². The maximum atomic E-state index is 4.67. The second-order valence-corrected chi connectivity index (χ2v) is 7.04. The van der Waals surface area contributed by atoms with E-state index in [1.54, 1.807) is 40.8 Å². The summed E-state index contributed by atoms with van der Waals surface area (Å²) >= 11 is 1.55. The van der Waals surface area contributed by atoms with E-state index >= 15 is 0 Å². The molecule has 8 nitrogen and oxygen atoms in total. The topological polar surface area (TPSA) is 94.3 Å². The highest BCUT2D eigenvalue weighted by Crippen LogP contribution is 2.24. The number of nitrogens with one attached hydrogen (secondary N) is 1. The fourth-order valence-corrected chi connectivity index (χ4v) is 3.30. The smallest absolute Gasteiger partial charge is 0.163 e. The fourth-order valence-electron chi connectivity index (χ4n) is 2.52. The SMILES string of the molecule is CC(C)c1nc(NCc2csc(-c3cnccn3)n2)c2cnn(C)c2n1. The van der Waals surface area contributed by atoms with Gasteiger partial charge in [-0.05, 0) is 0 Å². The Morgan fingerprint density at radius 2 is 2.04 bits per heavy atom. The number of aryl methyl sites for hydroxylation is 1. The molecule has 0 unspecified atom stereocenters. The number of aromatic nitrogens is 7.